The first-order valence-corrected chi connectivity index (χ1v) is 8.55. The number of fused-ring (bicyclic) bond motifs is 1. The molecule has 2 fully saturated rings. The summed E-state index contributed by atoms with van der Waals surface area (Å²) in [7, 11) is 0. The molecule has 1 aliphatic carbocycles. The van der Waals surface area contributed by atoms with Crippen LogP contribution in [0.25, 0.3) is 11.0 Å². The van der Waals surface area contributed by atoms with E-state index in [0.29, 0.717) is 16.3 Å². The molecule has 1 aromatic heterocycles. The van der Waals surface area contributed by atoms with Crippen molar-refractivity contribution >= 4 is 38.6 Å². The molecule has 1 saturated heterocycles. The summed E-state index contributed by atoms with van der Waals surface area (Å²) in [6, 6.07) is 3.49. The summed E-state index contributed by atoms with van der Waals surface area (Å²) in [6.45, 7) is 0.756. The molecule has 2 heterocycles. The molecule has 2 atom stereocenters. The van der Waals surface area contributed by atoms with Crippen LogP contribution in [0, 0.1) is 11.7 Å². The van der Waals surface area contributed by atoms with E-state index in [0.717, 1.165) is 29.9 Å². The lowest BCUT2D eigenvalue weighted by atomic mass is 10.1. The minimum Gasteiger partial charge on any atom is -0.376 e. The molecule has 3 nitrogen and oxygen atoms in total. The van der Waals surface area contributed by atoms with Crippen LogP contribution in [0.15, 0.2) is 16.6 Å². The third-order valence-electron chi connectivity index (χ3n) is 4.45. The molecule has 1 aromatic carbocycles. The van der Waals surface area contributed by atoms with Crippen LogP contribution in [0.2, 0.25) is 0 Å². The van der Waals surface area contributed by atoms with Gasteiger partial charge in [-0.05, 0) is 47.2 Å². The Morgan fingerprint density at radius 2 is 2.19 bits per heavy atom. The van der Waals surface area contributed by atoms with E-state index >= 15 is 0 Å². The van der Waals surface area contributed by atoms with Crippen molar-refractivity contribution in [1.82, 2.24) is 9.55 Å². The summed E-state index contributed by atoms with van der Waals surface area (Å²) < 4.78 is 22.4. The van der Waals surface area contributed by atoms with E-state index in [1.165, 1.54) is 12.8 Å². The normalized spacial score (nSPS) is 25.9. The number of aromatic nitrogens is 2. The van der Waals surface area contributed by atoms with E-state index in [2.05, 4.69) is 25.5 Å². The van der Waals surface area contributed by atoms with Crippen molar-refractivity contribution in [3.63, 3.8) is 0 Å². The van der Waals surface area contributed by atoms with Crippen molar-refractivity contribution in [3.8, 4) is 0 Å². The van der Waals surface area contributed by atoms with Crippen LogP contribution in [-0.2, 0) is 10.6 Å². The van der Waals surface area contributed by atoms with Gasteiger partial charge in [-0.25, -0.2) is 9.37 Å². The lowest BCUT2D eigenvalue weighted by Crippen LogP contribution is -2.23. The van der Waals surface area contributed by atoms with Crippen molar-refractivity contribution in [3.05, 3.63) is 28.2 Å². The molecule has 0 N–H and O–H groups in total. The molecule has 2 aliphatic rings. The van der Waals surface area contributed by atoms with Crippen LogP contribution in [0.1, 0.15) is 31.1 Å². The molecule has 1 aliphatic heterocycles. The fourth-order valence-corrected chi connectivity index (χ4v) is 3.88. The van der Waals surface area contributed by atoms with Gasteiger partial charge in [-0.2, -0.15) is 0 Å². The SMILES string of the molecule is Fc1cc2c(cc1Br)nc(CCl)n2C1CCOC1C1CC1. The van der Waals surface area contributed by atoms with Crippen molar-refractivity contribution in [2.24, 2.45) is 5.92 Å². The Balaban J connectivity index is 1.87. The molecule has 6 heteroatoms. The van der Waals surface area contributed by atoms with E-state index in [-0.39, 0.29) is 18.0 Å². The predicted molar refractivity (Wildman–Crippen MR) is 83.1 cm³/mol. The van der Waals surface area contributed by atoms with Gasteiger partial charge in [0, 0.05) is 12.7 Å². The van der Waals surface area contributed by atoms with Gasteiger partial charge in [0.25, 0.3) is 0 Å². The molecular weight excluding hydrogens is 359 g/mol. The smallest absolute Gasteiger partial charge is 0.139 e. The zero-order valence-corrected chi connectivity index (χ0v) is 13.7. The first-order chi connectivity index (χ1) is 10.2. The summed E-state index contributed by atoms with van der Waals surface area (Å²) >= 11 is 9.29. The van der Waals surface area contributed by atoms with Gasteiger partial charge in [0.15, 0.2) is 0 Å². The maximum Gasteiger partial charge on any atom is 0.139 e. The Morgan fingerprint density at radius 1 is 1.38 bits per heavy atom. The summed E-state index contributed by atoms with van der Waals surface area (Å²) in [5.74, 6) is 1.48. The Labute approximate surface area is 135 Å². The molecule has 4 rings (SSSR count). The highest BCUT2D eigenvalue weighted by atomic mass is 79.9. The highest BCUT2D eigenvalue weighted by Crippen LogP contribution is 2.44. The Bertz CT molecular complexity index is 701. The number of benzene rings is 1. The minimum atomic E-state index is -0.272. The summed E-state index contributed by atoms with van der Waals surface area (Å²) in [6.07, 6.45) is 3.61. The monoisotopic (exact) mass is 372 g/mol. The average molecular weight is 374 g/mol. The van der Waals surface area contributed by atoms with Crippen LogP contribution >= 0.6 is 27.5 Å². The average Bonchev–Trinajstić information content (AvgIpc) is 3.10. The zero-order chi connectivity index (χ0) is 14.6. The van der Waals surface area contributed by atoms with Crippen LogP contribution < -0.4 is 0 Å². The predicted octanol–water partition coefficient (Wildman–Crippen LogP) is 4.42. The summed E-state index contributed by atoms with van der Waals surface area (Å²) in [5.41, 5.74) is 1.59. The second-order valence-corrected chi connectivity index (χ2v) is 6.94. The third kappa shape index (κ3) is 2.30. The van der Waals surface area contributed by atoms with Crippen molar-refractivity contribution in [2.45, 2.75) is 37.3 Å². The van der Waals surface area contributed by atoms with E-state index in [1.54, 1.807) is 12.1 Å². The zero-order valence-electron chi connectivity index (χ0n) is 11.4. The van der Waals surface area contributed by atoms with Gasteiger partial charge in [-0.1, -0.05) is 0 Å². The molecule has 1 saturated carbocycles. The number of ether oxygens (including phenoxy) is 1. The van der Waals surface area contributed by atoms with Crippen LogP contribution in [-0.4, -0.2) is 22.3 Å². The summed E-state index contributed by atoms with van der Waals surface area (Å²) in [5, 5.41) is 0. The largest absolute Gasteiger partial charge is 0.376 e. The number of halogens is 3. The second-order valence-electron chi connectivity index (χ2n) is 5.82. The molecule has 2 aromatic rings. The first kappa shape index (κ1) is 14.0. The van der Waals surface area contributed by atoms with Gasteiger partial charge in [0.05, 0.1) is 33.5 Å². The van der Waals surface area contributed by atoms with Gasteiger partial charge in [-0.15, -0.1) is 11.6 Å². The Morgan fingerprint density at radius 3 is 2.90 bits per heavy atom. The van der Waals surface area contributed by atoms with E-state index in [9.17, 15) is 4.39 Å². The number of imidazole rings is 1. The lowest BCUT2D eigenvalue weighted by Gasteiger charge is -2.22. The van der Waals surface area contributed by atoms with Gasteiger partial charge in [0.2, 0.25) is 0 Å². The van der Waals surface area contributed by atoms with Gasteiger partial charge >= 0.3 is 0 Å². The first-order valence-electron chi connectivity index (χ1n) is 7.22. The van der Waals surface area contributed by atoms with Crippen LogP contribution in [0.4, 0.5) is 4.39 Å². The van der Waals surface area contributed by atoms with Crippen molar-refractivity contribution < 1.29 is 9.13 Å². The number of alkyl halides is 1. The van der Waals surface area contributed by atoms with Gasteiger partial charge in [0.1, 0.15) is 11.6 Å². The standard InChI is InChI=1S/C15H15BrClFN2O/c16-9-5-11-13(6-10(9)18)20(14(7-17)19-11)12-3-4-21-15(12)8-1-2-8/h5-6,8,12,15H,1-4,7H2. The number of hydrogen-bond donors (Lipinski definition) is 0. The van der Waals surface area contributed by atoms with Gasteiger partial charge < -0.3 is 9.30 Å². The van der Waals surface area contributed by atoms with Crippen LogP contribution in [0.3, 0.4) is 0 Å². The molecule has 21 heavy (non-hydrogen) atoms. The fourth-order valence-electron chi connectivity index (χ4n) is 3.36. The fraction of sp³-hybridized carbons (Fsp3) is 0.533. The molecule has 0 radical (unpaired) electrons. The third-order valence-corrected chi connectivity index (χ3v) is 5.29. The quantitative estimate of drug-likeness (QED) is 0.745. The molecule has 0 spiro atoms. The highest BCUT2D eigenvalue weighted by Gasteiger charge is 2.42. The Kier molecular flexibility index (Phi) is 3.47. The highest BCUT2D eigenvalue weighted by molar-refractivity contribution is 9.10. The number of hydrogen-bond acceptors (Lipinski definition) is 2. The minimum absolute atomic E-state index is 0.219. The molecular formula is C15H15BrClFN2O. The molecule has 0 bridgehead atoms. The molecule has 112 valence electrons. The summed E-state index contributed by atoms with van der Waals surface area (Å²) in [4.78, 5) is 4.57. The maximum atomic E-state index is 13.9. The number of rotatable bonds is 3. The van der Waals surface area contributed by atoms with Gasteiger partial charge in [-0.3, -0.25) is 0 Å². The van der Waals surface area contributed by atoms with E-state index in [4.69, 9.17) is 16.3 Å². The van der Waals surface area contributed by atoms with E-state index in [1.807, 2.05) is 0 Å². The lowest BCUT2D eigenvalue weighted by molar-refractivity contribution is 0.0754. The van der Waals surface area contributed by atoms with E-state index < -0.39 is 0 Å². The van der Waals surface area contributed by atoms with Crippen molar-refractivity contribution in [1.29, 1.82) is 0 Å². The maximum absolute atomic E-state index is 13.9. The topological polar surface area (TPSA) is 27.1 Å². The number of nitrogens with zero attached hydrogens (tertiary/aromatic N) is 2. The second kappa shape index (κ2) is 5.21. The Hall–Kier alpha value is -0.650. The molecule has 2 unspecified atom stereocenters. The van der Waals surface area contributed by atoms with Crippen molar-refractivity contribution in [2.75, 3.05) is 6.61 Å². The molecule has 0 amide bonds. The van der Waals surface area contributed by atoms with Crippen LogP contribution in [0.5, 0.6) is 0 Å².